The predicted octanol–water partition coefficient (Wildman–Crippen LogP) is 3.84. The fourth-order valence-corrected chi connectivity index (χ4v) is 3.34. The van der Waals surface area contributed by atoms with Gasteiger partial charge in [-0.3, -0.25) is 4.79 Å². The Morgan fingerprint density at radius 2 is 1.90 bits per heavy atom. The van der Waals surface area contributed by atoms with E-state index in [1.807, 2.05) is 12.2 Å². The molecule has 1 fully saturated rings. The van der Waals surface area contributed by atoms with Crippen LogP contribution in [0.3, 0.4) is 0 Å². The van der Waals surface area contributed by atoms with Crippen molar-refractivity contribution in [1.82, 2.24) is 0 Å². The van der Waals surface area contributed by atoms with Crippen molar-refractivity contribution in [1.29, 1.82) is 0 Å². The van der Waals surface area contributed by atoms with Crippen LogP contribution < -0.4 is 0 Å². The normalized spacial score (nSPS) is 33.2. The number of carboxylic acids is 1. The van der Waals surface area contributed by atoms with E-state index in [4.69, 9.17) is 9.47 Å². The summed E-state index contributed by atoms with van der Waals surface area (Å²) in [4.78, 5) is 35.5. The molecule has 0 aliphatic carbocycles. The molecule has 2 rings (SSSR count). The van der Waals surface area contributed by atoms with Crippen LogP contribution in [-0.4, -0.2) is 41.1 Å². The average Bonchev–Trinajstić information content (AvgIpc) is 2.59. The van der Waals surface area contributed by atoms with Crippen molar-refractivity contribution >= 4 is 17.7 Å². The van der Waals surface area contributed by atoms with Crippen LogP contribution in [0.1, 0.15) is 46.0 Å². The van der Waals surface area contributed by atoms with E-state index in [0.717, 1.165) is 29.2 Å². The minimum absolute atomic E-state index is 0.0382. The maximum absolute atomic E-state index is 12.1. The fourth-order valence-electron chi connectivity index (χ4n) is 3.34. The summed E-state index contributed by atoms with van der Waals surface area (Å²) in [5.74, 6) is -1.99. The molecule has 6 nitrogen and oxygen atoms in total. The van der Waals surface area contributed by atoms with Crippen LogP contribution in [-0.2, 0) is 23.9 Å². The molecule has 2 heterocycles. The SMILES string of the molecule is C=C1C[C@H]2C/C=C/C(=O)C/C(C)=C/C=C/C(=O)OC(C(=O)O)C/C(C)=C/[C@@H](C1)O2. The Labute approximate surface area is 171 Å². The van der Waals surface area contributed by atoms with Gasteiger partial charge in [-0.1, -0.05) is 47.6 Å². The summed E-state index contributed by atoms with van der Waals surface area (Å²) in [7, 11) is 0. The van der Waals surface area contributed by atoms with Crippen molar-refractivity contribution in [2.45, 2.75) is 64.3 Å². The van der Waals surface area contributed by atoms with E-state index in [0.29, 0.717) is 12.8 Å². The van der Waals surface area contributed by atoms with Gasteiger partial charge in [-0.05, 0) is 39.2 Å². The largest absolute Gasteiger partial charge is 0.478 e. The molecule has 1 N–H and O–H groups in total. The third-order valence-corrected chi connectivity index (χ3v) is 4.65. The van der Waals surface area contributed by atoms with Crippen molar-refractivity contribution in [3.8, 4) is 0 Å². The number of carbonyl (C=O) groups is 3. The molecule has 2 bridgehead atoms. The summed E-state index contributed by atoms with van der Waals surface area (Å²) < 4.78 is 11.1. The maximum atomic E-state index is 12.1. The zero-order chi connectivity index (χ0) is 21.4. The molecule has 6 heteroatoms. The molecule has 0 radical (unpaired) electrons. The number of rotatable bonds is 1. The number of carbonyl (C=O) groups excluding carboxylic acids is 2. The lowest BCUT2D eigenvalue weighted by Gasteiger charge is -2.30. The average molecular weight is 400 g/mol. The smallest absolute Gasteiger partial charge is 0.345 e. The van der Waals surface area contributed by atoms with Gasteiger partial charge in [0.2, 0.25) is 6.10 Å². The zero-order valence-corrected chi connectivity index (χ0v) is 16.9. The first-order chi connectivity index (χ1) is 13.7. The Kier molecular flexibility index (Phi) is 8.34. The third-order valence-electron chi connectivity index (χ3n) is 4.65. The van der Waals surface area contributed by atoms with E-state index in [2.05, 4.69) is 6.58 Å². The number of esters is 1. The topological polar surface area (TPSA) is 89.9 Å². The fraction of sp³-hybridized carbons (Fsp3) is 0.435. The van der Waals surface area contributed by atoms with E-state index >= 15 is 0 Å². The molecule has 2 aliphatic heterocycles. The minimum atomic E-state index is -1.28. The number of cyclic esters (lactones) is 1. The van der Waals surface area contributed by atoms with E-state index in [9.17, 15) is 19.5 Å². The monoisotopic (exact) mass is 400 g/mol. The van der Waals surface area contributed by atoms with Crippen molar-refractivity contribution in [3.63, 3.8) is 0 Å². The van der Waals surface area contributed by atoms with Crippen LogP contribution in [0, 0.1) is 0 Å². The number of hydrogen-bond donors (Lipinski definition) is 1. The van der Waals surface area contributed by atoms with Gasteiger partial charge in [0.05, 0.1) is 12.2 Å². The zero-order valence-electron chi connectivity index (χ0n) is 16.9. The summed E-state index contributed by atoms with van der Waals surface area (Å²) in [5, 5.41) is 9.39. The summed E-state index contributed by atoms with van der Waals surface area (Å²) in [6, 6.07) is 0. The molecule has 156 valence electrons. The highest BCUT2D eigenvalue weighted by atomic mass is 16.6. The molecular formula is C23H28O6. The van der Waals surface area contributed by atoms with E-state index in [-0.39, 0.29) is 30.8 Å². The maximum Gasteiger partial charge on any atom is 0.345 e. The number of ketones is 1. The summed E-state index contributed by atoms with van der Waals surface area (Å²) in [6.07, 6.45) is 10.2. The number of carboxylic acid groups (broad SMARTS) is 1. The highest BCUT2D eigenvalue weighted by Crippen LogP contribution is 2.27. The van der Waals surface area contributed by atoms with Gasteiger partial charge in [-0.15, -0.1) is 0 Å². The number of aliphatic carboxylic acids is 1. The Balaban J connectivity index is 2.26. The molecule has 29 heavy (non-hydrogen) atoms. The molecule has 1 saturated heterocycles. The third kappa shape index (κ3) is 8.03. The van der Waals surface area contributed by atoms with Crippen molar-refractivity contribution in [2.75, 3.05) is 0 Å². The molecule has 1 unspecified atom stereocenters. The molecule has 3 atom stereocenters. The molecule has 2 aliphatic rings. The van der Waals surface area contributed by atoms with Crippen molar-refractivity contribution in [2.24, 2.45) is 0 Å². The van der Waals surface area contributed by atoms with Crippen LogP contribution in [0.25, 0.3) is 0 Å². The van der Waals surface area contributed by atoms with Gasteiger partial charge in [-0.25, -0.2) is 9.59 Å². The van der Waals surface area contributed by atoms with Gasteiger partial charge in [0.25, 0.3) is 0 Å². The van der Waals surface area contributed by atoms with Crippen LogP contribution in [0.2, 0.25) is 0 Å². The Morgan fingerprint density at radius 3 is 2.62 bits per heavy atom. The quantitative estimate of drug-likeness (QED) is 0.531. The molecule has 0 amide bonds. The molecule has 0 aromatic heterocycles. The molecule has 0 aromatic rings. The van der Waals surface area contributed by atoms with Crippen LogP contribution in [0.15, 0.2) is 59.8 Å². The Morgan fingerprint density at radius 1 is 1.14 bits per heavy atom. The predicted molar refractivity (Wildman–Crippen MR) is 109 cm³/mol. The summed E-state index contributed by atoms with van der Waals surface area (Å²) >= 11 is 0. The standard InChI is InChI=1S/C23H28O6/c1-15-6-4-9-22(25)29-21(23(26)27)14-17(3)13-20-12-16(2)11-19(28-20)8-5-7-18(24)10-15/h4-7,9,13,19-21H,2,8,10-12,14H2,1,3H3,(H,26,27)/b7-5+,9-4+,15-6+,17-13+/t19-,20-,21?/m1/s1. The first kappa shape index (κ1) is 22.6. The van der Waals surface area contributed by atoms with Gasteiger partial charge in [-0.2, -0.15) is 0 Å². The molecule has 0 saturated carbocycles. The van der Waals surface area contributed by atoms with Crippen LogP contribution in [0.4, 0.5) is 0 Å². The van der Waals surface area contributed by atoms with Gasteiger partial charge >= 0.3 is 11.9 Å². The Hall–Kier alpha value is -2.73. The summed E-state index contributed by atoms with van der Waals surface area (Å²) in [5.41, 5.74) is 2.59. The van der Waals surface area contributed by atoms with Crippen molar-refractivity contribution in [3.05, 3.63) is 59.8 Å². The van der Waals surface area contributed by atoms with Gasteiger partial charge in [0.1, 0.15) is 0 Å². The Bertz CT molecular complexity index is 783. The number of fused-ring (bicyclic) bond motifs is 2. The lowest BCUT2D eigenvalue weighted by molar-refractivity contribution is -0.160. The van der Waals surface area contributed by atoms with Gasteiger partial charge < -0.3 is 14.6 Å². The van der Waals surface area contributed by atoms with Crippen LogP contribution in [0.5, 0.6) is 0 Å². The molecular weight excluding hydrogens is 372 g/mol. The summed E-state index contributed by atoms with van der Waals surface area (Å²) in [6.45, 7) is 7.65. The second-order valence-electron chi connectivity index (χ2n) is 7.59. The lowest BCUT2D eigenvalue weighted by atomic mass is 9.95. The molecule has 0 aromatic carbocycles. The van der Waals surface area contributed by atoms with Crippen LogP contribution >= 0.6 is 0 Å². The second kappa shape index (κ2) is 10.7. The minimum Gasteiger partial charge on any atom is -0.478 e. The van der Waals surface area contributed by atoms with E-state index in [1.54, 1.807) is 26.0 Å². The second-order valence-corrected chi connectivity index (χ2v) is 7.59. The number of allylic oxidation sites excluding steroid dienone is 4. The highest BCUT2D eigenvalue weighted by molar-refractivity contribution is 5.91. The first-order valence-corrected chi connectivity index (χ1v) is 9.69. The van der Waals surface area contributed by atoms with E-state index < -0.39 is 18.0 Å². The highest BCUT2D eigenvalue weighted by Gasteiger charge is 2.25. The lowest BCUT2D eigenvalue weighted by Crippen LogP contribution is -2.29. The first-order valence-electron chi connectivity index (χ1n) is 9.69. The van der Waals surface area contributed by atoms with Gasteiger partial charge in [0, 0.05) is 18.9 Å². The molecule has 0 spiro atoms. The van der Waals surface area contributed by atoms with E-state index in [1.165, 1.54) is 6.08 Å². The number of ether oxygens (including phenoxy) is 2. The van der Waals surface area contributed by atoms with Crippen molar-refractivity contribution < 1.29 is 29.0 Å². The van der Waals surface area contributed by atoms with Gasteiger partial charge in [0.15, 0.2) is 5.78 Å². The number of hydrogen-bond acceptors (Lipinski definition) is 5.